The predicted molar refractivity (Wildman–Crippen MR) is 107 cm³/mol. The van der Waals surface area contributed by atoms with Crippen LogP contribution in [0.1, 0.15) is 19.4 Å². The Morgan fingerprint density at radius 1 is 1.08 bits per heavy atom. The van der Waals surface area contributed by atoms with Crippen molar-refractivity contribution in [1.29, 1.82) is 0 Å². The first-order valence-electron chi connectivity index (χ1n) is 8.46. The molecular weight excluding hydrogens is 326 g/mol. The van der Waals surface area contributed by atoms with Gasteiger partial charge in [0.15, 0.2) is 0 Å². The van der Waals surface area contributed by atoms with Crippen LogP contribution in [0.3, 0.4) is 0 Å². The van der Waals surface area contributed by atoms with Crippen LogP contribution in [0.15, 0.2) is 65.3 Å². The highest BCUT2D eigenvalue weighted by molar-refractivity contribution is 7.21. The third-order valence-electron chi connectivity index (χ3n) is 5.07. The van der Waals surface area contributed by atoms with Gasteiger partial charge in [-0.25, -0.2) is 4.57 Å². The Morgan fingerprint density at radius 3 is 2.56 bits per heavy atom. The van der Waals surface area contributed by atoms with E-state index in [4.69, 9.17) is 4.99 Å². The molecule has 0 saturated heterocycles. The van der Waals surface area contributed by atoms with Crippen LogP contribution in [0.5, 0.6) is 0 Å². The molecule has 4 heteroatoms. The van der Waals surface area contributed by atoms with Crippen LogP contribution in [-0.2, 0) is 12.5 Å². The van der Waals surface area contributed by atoms with Crippen molar-refractivity contribution in [2.24, 2.45) is 12.0 Å². The Labute approximate surface area is 152 Å². The van der Waals surface area contributed by atoms with Crippen molar-refractivity contribution in [3.63, 3.8) is 0 Å². The predicted octanol–water partition coefficient (Wildman–Crippen LogP) is 4.74. The van der Waals surface area contributed by atoms with E-state index in [0.29, 0.717) is 0 Å². The molecule has 0 spiro atoms. The quantitative estimate of drug-likeness (QED) is 0.484. The van der Waals surface area contributed by atoms with E-state index in [1.165, 1.54) is 27.2 Å². The molecule has 2 heterocycles. The molecule has 25 heavy (non-hydrogen) atoms. The molecule has 1 aliphatic rings. The summed E-state index contributed by atoms with van der Waals surface area (Å²) in [5, 5.41) is 1.01. The molecular formula is C21H22N3S+. The Morgan fingerprint density at radius 2 is 1.80 bits per heavy atom. The average Bonchev–Trinajstić information content (AvgIpc) is 3.03. The largest absolute Gasteiger partial charge is 0.382 e. The number of anilines is 1. The third kappa shape index (κ3) is 2.48. The van der Waals surface area contributed by atoms with Crippen LogP contribution < -0.4 is 9.47 Å². The molecule has 0 aliphatic carbocycles. The third-order valence-corrected chi connectivity index (χ3v) is 6.20. The van der Waals surface area contributed by atoms with Crippen molar-refractivity contribution in [3.8, 4) is 0 Å². The smallest absolute Gasteiger partial charge is 0.347 e. The number of thiazole rings is 1. The first-order valence-corrected chi connectivity index (χ1v) is 9.27. The van der Waals surface area contributed by atoms with Gasteiger partial charge in [-0.2, -0.15) is 0 Å². The highest BCUT2D eigenvalue weighted by atomic mass is 32.1. The fourth-order valence-electron chi connectivity index (χ4n) is 3.68. The monoisotopic (exact) mass is 348 g/mol. The van der Waals surface area contributed by atoms with Crippen molar-refractivity contribution < 1.29 is 4.57 Å². The lowest BCUT2D eigenvalue weighted by atomic mass is 9.84. The average molecular weight is 348 g/mol. The Hall–Kier alpha value is -2.46. The number of benzene rings is 2. The summed E-state index contributed by atoms with van der Waals surface area (Å²) in [4.78, 5) is 6.99. The second kappa shape index (κ2) is 5.81. The summed E-state index contributed by atoms with van der Waals surface area (Å²) < 4.78 is 3.41. The molecule has 0 bridgehead atoms. The van der Waals surface area contributed by atoms with Crippen LogP contribution in [0.4, 0.5) is 10.8 Å². The van der Waals surface area contributed by atoms with E-state index < -0.39 is 0 Å². The summed E-state index contributed by atoms with van der Waals surface area (Å²) in [6, 6.07) is 17.0. The van der Waals surface area contributed by atoms with Crippen molar-refractivity contribution >= 4 is 38.6 Å². The molecule has 3 aromatic rings. The minimum Gasteiger partial charge on any atom is -0.347 e. The standard InChI is InChI=1S/C21H22N3S/c1-21(2)15-9-5-6-10-16(15)23(3)19(21)13-14-22-20-24(4)17-11-7-8-12-18(17)25-20/h5-14H,1-4H3/q+1. The van der Waals surface area contributed by atoms with Gasteiger partial charge in [0.25, 0.3) is 0 Å². The lowest BCUT2D eigenvalue weighted by Gasteiger charge is -2.23. The lowest BCUT2D eigenvalue weighted by Crippen LogP contribution is -2.25. The minimum atomic E-state index is -0.0142. The molecule has 2 aromatic carbocycles. The maximum Gasteiger partial charge on any atom is 0.382 e. The molecule has 1 aliphatic heterocycles. The van der Waals surface area contributed by atoms with Gasteiger partial charge in [-0.15, -0.1) is 0 Å². The van der Waals surface area contributed by atoms with Crippen LogP contribution in [-0.4, -0.2) is 13.3 Å². The van der Waals surface area contributed by atoms with Gasteiger partial charge in [0.05, 0.1) is 11.7 Å². The highest BCUT2D eigenvalue weighted by Gasteiger charge is 2.37. The van der Waals surface area contributed by atoms with Gasteiger partial charge < -0.3 is 4.90 Å². The van der Waals surface area contributed by atoms with E-state index >= 15 is 0 Å². The van der Waals surface area contributed by atoms with Gasteiger partial charge in [0.2, 0.25) is 0 Å². The number of likely N-dealkylation sites (N-methyl/N-ethyl adjacent to an activating group) is 1. The van der Waals surface area contributed by atoms with E-state index in [0.717, 1.165) is 5.13 Å². The Kier molecular flexibility index (Phi) is 3.73. The molecule has 1 aromatic heterocycles. The van der Waals surface area contributed by atoms with Gasteiger partial charge in [-0.3, -0.25) is 0 Å². The number of rotatable bonds is 2. The number of para-hydroxylation sites is 2. The molecule has 0 saturated carbocycles. The number of allylic oxidation sites excluding steroid dienone is 2. The Balaban J connectivity index is 1.70. The maximum atomic E-state index is 4.72. The number of hydrogen-bond acceptors (Lipinski definition) is 3. The van der Waals surface area contributed by atoms with E-state index in [1.807, 2.05) is 6.21 Å². The second-order valence-corrected chi connectivity index (χ2v) is 7.95. The van der Waals surface area contributed by atoms with Crippen molar-refractivity contribution in [1.82, 2.24) is 0 Å². The van der Waals surface area contributed by atoms with Gasteiger partial charge in [-0.1, -0.05) is 44.2 Å². The van der Waals surface area contributed by atoms with Gasteiger partial charge >= 0.3 is 5.13 Å². The van der Waals surface area contributed by atoms with Gasteiger partial charge in [-0.05, 0) is 40.1 Å². The summed E-state index contributed by atoms with van der Waals surface area (Å²) in [6.45, 7) is 4.54. The molecule has 126 valence electrons. The first-order chi connectivity index (χ1) is 12.0. The topological polar surface area (TPSA) is 19.5 Å². The van der Waals surface area contributed by atoms with Crippen LogP contribution >= 0.6 is 11.3 Å². The van der Waals surface area contributed by atoms with Crippen molar-refractivity contribution in [3.05, 3.63) is 65.9 Å². The van der Waals surface area contributed by atoms with E-state index in [1.54, 1.807) is 11.3 Å². The summed E-state index contributed by atoms with van der Waals surface area (Å²) >= 11 is 1.72. The maximum absolute atomic E-state index is 4.72. The SMILES string of the molecule is CN1/C(=C\C=N\c2sc3ccccc3[n+]2C)C(C)(C)c2ccccc21. The number of aryl methyl sites for hydroxylation is 1. The molecule has 0 amide bonds. The Bertz CT molecular complexity index is 1010. The summed E-state index contributed by atoms with van der Waals surface area (Å²) in [5.41, 5.74) is 5.11. The highest BCUT2D eigenvalue weighted by Crippen LogP contribution is 2.46. The van der Waals surface area contributed by atoms with Gasteiger partial charge in [0.1, 0.15) is 11.7 Å². The zero-order valence-corrected chi connectivity index (χ0v) is 15.8. The van der Waals surface area contributed by atoms with Crippen molar-refractivity contribution in [2.75, 3.05) is 11.9 Å². The normalized spacial score (nSPS) is 17.8. The van der Waals surface area contributed by atoms with Crippen LogP contribution in [0.25, 0.3) is 10.2 Å². The molecule has 0 unspecified atom stereocenters. The van der Waals surface area contributed by atoms with E-state index in [2.05, 4.69) is 92.0 Å². The first kappa shape index (κ1) is 16.0. The number of aromatic nitrogens is 1. The summed E-state index contributed by atoms with van der Waals surface area (Å²) in [5.74, 6) is 0. The molecule has 0 fully saturated rings. The number of nitrogens with zero attached hydrogens (tertiary/aromatic N) is 3. The van der Waals surface area contributed by atoms with E-state index in [-0.39, 0.29) is 5.41 Å². The fraction of sp³-hybridized carbons (Fsp3) is 0.238. The molecule has 0 N–H and O–H groups in total. The zero-order chi connectivity index (χ0) is 17.6. The van der Waals surface area contributed by atoms with Crippen LogP contribution in [0, 0.1) is 0 Å². The number of hydrogen-bond donors (Lipinski definition) is 0. The lowest BCUT2D eigenvalue weighted by molar-refractivity contribution is -0.627. The number of fused-ring (bicyclic) bond motifs is 2. The van der Waals surface area contributed by atoms with Crippen molar-refractivity contribution in [2.45, 2.75) is 19.3 Å². The number of aliphatic imine (C=N–C) groups is 1. The summed E-state index contributed by atoms with van der Waals surface area (Å²) in [7, 11) is 4.20. The van der Waals surface area contributed by atoms with Crippen LogP contribution in [0.2, 0.25) is 0 Å². The summed E-state index contributed by atoms with van der Waals surface area (Å²) in [6.07, 6.45) is 4.08. The molecule has 0 radical (unpaired) electrons. The van der Waals surface area contributed by atoms with Gasteiger partial charge in [0, 0.05) is 29.9 Å². The molecule has 0 atom stereocenters. The van der Waals surface area contributed by atoms with E-state index in [9.17, 15) is 0 Å². The second-order valence-electron chi connectivity index (χ2n) is 6.94. The fourth-order valence-corrected chi connectivity index (χ4v) is 4.68. The molecule has 4 rings (SSSR count). The molecule has 3 nitrogen and oxygen atoms in total. The zero-order valence-electron chi connectivity index (χ0n) is 15.0. The minimum absolute atomic E-state index is 0.0142.